The molecule has 21 heavy (non-hydrogen) atoms. The zero-order valence-corrected chi connectivity index (χ0v) is 12.6. The van der Waals surface area contributed by atoms with Crippen molar-refractivity contribution in [1.82, 2.24) is 10.1 Å². The lowest BCUT2D eigenvalue weighted by Gasteiger charge is -2.07. The molecule has 0 atom stereocenters. The van der Waals surface area contributed by atoms with Crippen molar-refractivity contribution >= 4 is 29.0 Å². The first-order valence-corrected chi connectivity index (χ1v) is 6.96. The maximum Gasteiger partial charge on any atom is 0.178 e. The van der Waals surface area contributed by atoms with Gasteiger partial charge < -0.3 is 10.3 Å². The first kappa shape index (κ1) is 13.9. The molecule has 0 radical (unpaired) electrons. The molecule has 0 amide bonds. The lowest BCUT2D eigenvalue weighted by molar-refractivity contribution is 0.435. The lowest BCUT2D eigenvalue weighted by Crippen LogP contribution is -1.91. The van der Waals surface area contributed by atoms with Crippen molar-refractivity contribution in [2.24, 2.45) is 0 Å². The SMILES string of the molecule is Cc1ncccc1-c1onc(N)c1-c1ccc(Cl)cc1Cl. The number of hydrogen-bond acceptors (Lipinski definition) is 4. The van der Waals surface area contributed by atoms with E-state index >= 15 is 0 Å². The van der Waals surface area contributed by atoms with Gasteiger partial charge in [-0.2, -0.15) is 0 Å². The molecule has 0 bridgehead atoms. The van der Waals surface area contributed by atoms with Gasteiger partial charge in [0.25, 0.3) is 0 Å². The molecule has 2 heterocycles. The second-order valence-corrected chi connectivity index (χ2v) is 5.38. The van der Waals surface area contributed by atoms with E-state index in [1.54, 1.807) is 24.4 Å². The summed E-state index contributed by atoms with van der Waals surface area (Å²) in [5, 5.41) is 4.90. The Hall–Kier alpha value is -2.04. The zero-order chi connectivity index (χ0) is 15.0. The predicted octanol–water partition coefficient (Wildman–Crippen LogP) is 4.60. The van der Waals surface area contributed by atoms with E-state index in [4.69, 9.17) is 33.5 Å². The number of anilines is 1. The summed E-state index contributed by atoms with van der Waals surface area (Å²) < 4.78 is 5.40. The third kappa shape index (κ3) is 2.48. The molecule has 0 spiro atoms. The number of pyridine rings is 1. The Labute approximate surface area is 131 Å². The third-order valence-electron chi connectivity index (χ3n) is 3.17. The number of rotatable bonds is 2. The van der Waals surface area contributed by atoms with Gasteiger partial charge in [0.15, 0.2) is 11.6 Å². The molecule has 0 saturated heterocycles. The monoisotopic (exact) mass is 319 g/mol. The van der Waals surface area contributed by atoms with E-state index in [2.05, 4.69) is 10.1 Å². The first-order chi connectivity index (χ1) is 10.1. The standard InChI is InChI=1S/C15H11Cl2N3O/c1-8-10(3-2-6-19-8)14-13(15(18)20-21-14)11-5-4-9(16)7-12(11)17/h2-7H,1H3,(H2,18,20). The summed E-state index contributed by atoms with van der Waals surface area (Å²) in [6.45, 7) is 1.89. The van der Waals surface area contributed by atoms with Crippen LogP contribution >= 0.6 is 23.2 Å². The van der Waals surface area contributed by atoms with Crippen molar-refractivity contribution < 1.29 is 4.52 Å². The van der Waals surface area contributed by atoms with Crippen LogP contribution in [0.5, 0.6) is 0 Å². The molecule has 0 fully saturated rings. The Balaban J connectivity index is 2.25. The number of nitrogen functional groups attached to an aromatic ring is 1. The molecule has 3 aromatic rings. The van der Waals surface area contributed by atoms with Crippen molar-refractivity contribution in [3.63, 3.8) is 0 Å². The molecular formula is C15H11Cl2N3O. The fraction of sp³-hybridized carbons (Fsp3) is 0.0667. The Morgan fingerprint density at radius 3 is 2.67 bits per heavy atom. The third-order valence-corrected chi connectivity index (χ3v) is 3.72. The van der Waals surface area contributed by atoms with E-state index in [9.17, 15) is 0 Å². The molecule has 0 unspecified atom stereocenters. The van der Waals surface area contributed by atoms with Crippen LogP contribution in [0, 0.1) is 6.92 Å². The highest BCUT2D eigenvalue weighted by Crippen LogP contribution is 2.41. The van der Waals surface area contributed by atoms with Crippen LogP contribution in [0.2, 0.25) is 10.0 Å². The van der Waals surface area contributed by atoms with Crippen LogP contribution in [0.25, 0.3) is 22.5 Å². The van der Waals surface area contributed by atoms with E-state index in [-0.39, 0.29) is 5.82 Å². The smallest absolute Gasteiger partial charge is 0.178 e. The second-order valence-electron chi connectivity index (χ2n) is 4.53. The van der Waals surface area contributed by atoms with Crippen LogP contribution in [0.1, 0.15) is 5.69 Å². The molecule has 6 heteroatoms. The molecule has 4 nitrogen and oxygen atoms in total. The number of benzene rings is 1. The van der Waals surface area contributed by atoms with Gasteiger partial charge in [-0.25, -0.2) is 0 Å². The van der Waals surface area contributed by atoms with Crippen LogP contribution in [0.15, 0.2) is 41.1 Å². The number of hydrogen-bond donors (Lipinski definition) is 1. The largest absolute Gasteiger partial charge is 0.380 e. The van der Waals surface area contributed by atoms with Gasteiger partial charge >= 0.3 is 0 Å². The number of aryl methyl sites for hydroxylation is 1. The van der Waals surface area contributed by atoms with Gasteiger partial charge in [-0.1, -0.05) is 34.4 Å². The van der Waals surface area contributed by atoms with Gasteiger partial charge in [-0.05, 0) is 31.2 Å². The molecule has 3 rings (SSSR count). The average molecular weight is 320 g/mol. The number of halogens is 2. The van der Waals surface area contributed by atoms with Gasteiger partial charge in [-0.3, -0.25) is 4.98 Å². The minimum absolute atomic E-state index is 0.275. The van der Waals surface area contributed by atoms with Crippen LogP contribution in [0.4, 0.5) is 5.82 Å². The Bertz CT molecular complexity index is 814. The molecule has 2 aromatic heterocycles. The van der Waals surface area contributed by atoms with E-state index in [1.807, 2.05) is 19.1 Å². The molecule has 0 aliphatic carbocycles. The molecule has 0 aliphatic heterocycles. The van der Waals surface area contributed by atoms with Gasteiger partial charge in [0.2, 0.25) is 0 Å². The highest BCUT2D eigenvalue weighted by atomic mass is 35.5. The minimum atomic E-state index is 0.275. The van der Waals surface area contributed by atoms with Gasteiger partial charge in [0.05, 0.1) is 10.6 Å². The maximum atomic E-state index is 6.27. The van der Waals surface area contributed by atoms with Gasteiger partial charge in [0, 0.05) is 28.0 Å². The highest BCUT2D eigenvalue weighted by Gasteiger charge is 2.21. The predicted molar refractivity (Wildman–Crippen MR) is 84.3 cm³/mol. The zero-order valence-electron chi connectivity index (χ0n) is 11.1. The van der Waals surface area contributed by atoms with Crippen molar-refractivity contribution in [3.05, 3.63) is 52.3 Å². The fourth-order valence-electron chi connectivity index (χ4n) is 2.16. The van der Waals surface area contributed by atoms with Gasteiger partial charge in [0.1, 0.15) is 0 Å². The summed E-state index contributed by atoms with van der Waals surface area (Å²) in [6, 6.07) is 8.92. The fourth-order valence-corrected chi connectivity index (χ4v) is 2.67. The molecule has 106 valence electrons. The summed E-state index contributed by atoms with van der Waals surface area (Å²) in [5.41, 5.74) is 8.96. The summed E-state index contributed by atoms with van der Waals surface area (Å²) in [6.07, 6.45) is 1.72. The number of nitrogens with two attached hydrogens (primary N) is 1. The highest BCUT2D eigenvalue weighted by molar-refractivity contribution is 6.36. The van der Waals surface area contributed by atoms with E-state index in [0.717, 1.165) is 16.8 Å². The number of aromatic nitrogens is 2. The van der Waals surface area contributed by atoms with Crippen molar-refractivity contribution in [2.45, 2.75) is 6.92 Å². The summed E-state index contributed by atoms with van der Waals surface area (Å²) in [7, 11) is 0. The molecular weight excluding hydrogens is 309 g/mol. The quantitative estimate of drug-likeness (QED) is 0.749. The lowest BCUT2D eigenvalue weighted by atomic mass is 10.0. The Kier molecular flexibility index (Phi) is 3.57. The first-order valence-electron chi connectivity index (χ1n) is 6.20. The van der Waals surface area contributed by atoms with Gasteiger partial charge in [-0.15, -0.1) is 0 Å². The Morgan fingerprint density at radius 2 is 1.95 bits per heavy atom. The molecule has 1 aromatic carbocycles. The topological polar surface area (TPSA) is 64.9 Å². The van der Waals surface area contributed by atoms with Crippen LogP contribution in [-0.2, 0) is 0 Å². The van der Waals surface area contributed by atoms with E-state index in [1.165, 1.54) is 0 Å². The second kappa shape index (κ2) is 5.39. The number of nitrogens with zero attached hydrogens (tertiary/aromatic N) is 2. The van der Waals surface area contributed by atoms with Crippen molar-refractivity contribution in [2.75, 3.05) is 5.73 Å². The molecule has 0 saturated carbocycles. The summed E-state index contributed by atoms with van der Waals surface area (Å²) in [4.78, 5) is 4.25. The molecule has 0 aliphatic rings. The van der Waals surface area contributed by atoms with Crippen LogP contribution in [0.3, 0.4) is 0 Å². The van der Waals surface area contributed by atoms with E-state index < -0.39 is 0 Å². The van der Waals surface area contributed by atoms with Crippen LogP contribution in [-0.4, -0.2) is 10.1 Å². The Morgan fingerprint density at radius 1 is 1.14 bits per heavy atom. The minimum Gasteiger partial charge on any atom is -0.380 e. The van der Waals surface area contributed by atoms with E-state index in [0.29, 0.717) is 21.4 Å². The summed E-state index contributed by atoms with van der Waals surface area (Å²) >= 11 is 12.2. The van der Waals surface area contributed by atoms with Crippen LogP contribution < -0.4 is 5.73 Å². The average Bonchev–Trinajstić information content (AvgIpc) is 2.81. The van der Waals surface area contributed by atoms with Crippen molar-refractivity contribution in [3.8, 4) is 22.5 Å². The molecule has 2 N–H and O–H groups in total. The summed E-state index contributed by atoms with van der Waals surface area (Å²) in [5.74, 6) is 0.819. The normalized spacial score (nSPS) is 10.8. The van der Waals surface area contributed by atoms with Crippen molar-refractivity contribution in [1.29, 1.82) is 0 Å². The maximum absolute atomic E-state index is 6.27.